The van der Waals surface area contributed by atoms with Crippen LogP contribution in [0.4, 0.5) is 0 Å². The first-order chi connectivity index (χ1) is 8.83. The van der Waals surface area contributed by atoms with Gasteiger partial charge in [0.2, 0.25) is 0 Å². The molecule has 3 atom stereocenters. The van der Waals surface area contributed by atoms with E-state index in [-0.39, 0.29) is 0 Å². The van der Waals surface area contributed by atoms with Crippen LogP contribution in [0.15, 0.2) is 0 Å². The van der Waals surface area contributed by atoms with E-state index in [1.807, 2.05) is 7.11 Å². The molecule has 0 aromatic heterocycles. The molecule has 3 unspecified atom stereocenters. The summed E-state index contributed by atoms with van der Waals surface area (Å²) in [4.78, 5) is 2.74. The van der Waals surface area contributed by atoms with Gasteiger partial charge >= 0.3 is 0 Å². The van der Waals surface area contributed by atoms with Gasteiger partial charge < -0.3 is 10.1 Å². The summed E-state index contributed by atoms with van der Waals surface area (Å²) in [5.74, 6) is 0. The van der Waals surface area contributed by atoms with Gasteiger partial charge in [0.05, 0.1) is 6.10 Å². The number of hydrogen-bond acceptors (Lipinski definition) is 3. The van der Waals surface area contributed by atoms with Gasteiger partial charge in [-0.15, -0.1) is 0 Å². The largest absolute Gasteiger partial charge is 0.381 e. The topological polar surface area (TPSA) is 24.5 Å². The molecular weight excluding hydrogens is 224 g/mol. The van der Waals surface area contributed by atoms with Gasteiger partial charge in [-0.05, 0) is 51.6 Å². The molecule has 1 aliphatic heterocycles. The Morgan fingerprint density at radius 3 is 2.94 bits per heavy atom. The molecule has 1 heterocycles. The van der Waals surface area contributed by atoms with Crippen LogP contribution in [0.2, 0.25) is 0 Å². The van der Waals surface area contributed by atoms with E-state index in [4.69, 9.17) is 4.74 Å². The van der Waals surface area contributed by atoms with E-state index < -0.39 is 0 Å². The van der Waals surface area contributed by atoms with Crippen molar-refractivity contribution in [1.82, 2.24) is 10.2 Å². The second kappa shape index (κ2) is 7.46. The smallest absolute Gasteiger partial charge is 0.0586 e. The maximum Gasteiger partial charge on any atom is 0.0586 e. The third-order valence-electron chi connectivity index (χ3n) is 4.60. The minimum atomic E-state index is 0.504. The summed E-state index contributed by atoms with van der Waals surface area (Å²) in [5.41, 5.74) is 0. The van der Waals surface area contributed by atoms with E-state index in [9.17, 15) is 0 Å². The minimum absolute atomic E-state index is 0.504. The molecule has 3 heteroatoms. The van der Waals surface area contributed by atoms with Crippen LogP contribution in [0.25, 0.3) is 0 Å². The molecule has 1 saturated heterocycles. The molecule has 2 aliphatic rings. The van der Waals surface area contributed by atoms with Gasteiger partial charge in [0, 0.05) is 25.7 Å². The lowest BCUT2D eigenvalue weighted by atomic mass is 9.91. The average molecular weight is 254 g/mol. The molecule has 0 bridgehead atoms. The molecule has 0 amide bonds. The van der Waals surface area contributed by atoms with Crippen molar-refractivity contribution in [1.29, 1.82) is 0 Å². The minimum Gasteiger partial charge on any atom is -0.381 e. The van der Waals surface area contributed by atoms with Crippen LogP contribution in [0.1, 0.15) is 51.9 Å². The number of ether oxygens (including phenoxy) is 1. The highest BCUT2D eigenvalue weighted by Gasteiger charge is 2.28. The number of rotatable bonds is 4. The number of hydrogen-bond donors (Lipinski definition) is 1. The average Bonchev–Trinajstić information content (AvgIpc) is 2.65. The summed E-state index contributed by atoms with van der Waals surface area (Å²) in [5, 5.41) is 3.70. The van der Waals surface area contributed by atoms with Crippen molar-refractivity contribution in [2.75, 3.05) is 26.7 Å². The molecule has 0 aromatic rings. The van der Waals surface area contributed by atoms with Crippen LogP contribution >= 0.6 is 0 Å². The zero-order valence-corrected chi connectivity index (χ0v) is 12.2. The van der Waals surface area contributed by atoms with Crippen molar-refractivity contribution in [3.05, 3.63) is 0 Å². The van der Waals surface area contributed by atoms with Crippen molar-refractivity contribution in [2.24, 2.45) is 0 Å². The first-order valence-corrected chi connectivity index (χ1v) is 7.83. The molecular formula is C15H30N2O. The Kier molecular flexibility index (Phi) is 5.93. The fourth-order valence-corrected chi connectivity index (χ4v) is 3.57. The third-order valence-corrected chi connectivity index (χ3v) is 4.60. The summed E-state index contributed by atoms with van der Waals surface area (Å²) in [7, 11) is 1.87. The Balaban J connectivity index is 1.88. The van der Waals surface area contributed by atoms with Crippen LogP contribution in [-0.2, 0) is 4.74 Å². The maximum atomic E-state index is 5.58. The van der Waals surface area contributed by atoms with Gasteiger partial charge in [-0.3, -0.25) is 4.90 Å². The van der Waals surface area contributed by atoms with Crippen LogP contribution < -0.4 is 5.32 Å². The van der Waals surface area contributed by atoms with Crippen molar-refractivity contribution in [3.63, 3.8) is 0 Å². The van der Waals surface area contributed by atoms with Crippen LogP contribution in [0.5, 0.6) is 0 Å². The fourth-order valence-electron chi connectivity index (χ4n) is 3.57. The maximum absolute atomic E-state index is 5.58. The zero-order valence-electron chi connectivity index (χ0n) is 12.2. The predicted molar refractivity (Wildman–Crippen MR) is 75.9 cm³/mol. The monoisotopic (exact) mass is 254 g/mol. The molecule has 0 spiro atoms. The lowest BCUT2D eigenvalue weighted by molar-refractivity contribution is 0.0272. The van der Waals surface area contributed by atoms with E-state index >= 15 is 0 Å². The molecule has 0 radical (unpaired) electrons. The SMILES string of the molecule is CCCC1CN(C2CCCC(OC)C2)CCCN1. The summed E-state index contributed by atoms with van der Waals surface area (Å²) >= 11 is 0. The lowest BCUT2D eigenvalue weighted by Gasteiger charge is -2.37. The summed E-state index contributed by atoms with van der Waals surface area (Å²) in [6.45, 7) is 6.00. The summed E-state index contributed by atoms with van der Waals surface area (Å²) in [6.07, 6.45) is 9.63. The van der Waals surface area contributed by atoms with Crippen molar-refractivity contribution < 1.29 is 4.74 Å². The highest BCUT2D eigenvalue weighted by atomic mass is 16.5. The van der Waals surface area contributed by atoms with Crippen LogP contribution in [-0.4, -0.2) is 49.8 Å². The Labute approximate surface area is 112 Å². The molecule has 106 valence electrons. The quantitative estimate of drug-likeness (QED) is 0.834. The van der Waals surface area contributed by atoms with Gasteiger partial charge in [-0.2, -0.15) is 0 Å². The van der Waals surface area contributed by atoms with E-state index in [2.05, 4.69) is 17.1 Å². The van der Waals surface area contributed by atoms with Crippen molar-refractivity contribution >= 4 is 0 Å². The molecule has 18 heavy (non-hydrogen) atoms. The molecule has 2 fully saturated rings. The first kappa shape index (κ1) is 14.3. The van der Waals surface area contributed by atoms with Crippen molar-refractivity contribution in [3.8, 4) is 0 Å². The molecule has 1 saturated carbocycles. The van der Waals surface area contributed by atoms with E-state index in [0.29, 0.717) is 12.1 Å². The fraction of sp³-hybridized carbons (Fsp3) is 1.00. The van der Waals surface area contributed by atoms with E-state index in [1.54, 1.807) is 0 Å². The van der Waals surface area contributed by atoms with Crippen molar-refractivity contribution in [2.45, 2.75) is 70.1 Å². The molecule has 3 nitrogen and oxygen atoms in total. The normalized spacial score (nSPS) is 35.3. The van der Waals surface area contributed by atoms with E-state index in [0.717, 1.165) is 6.04 Å². The highest BCUT2D eigenvalue weighted by molar-refractivity contribution is 4.85. The molecule has 2 rings (SSSR count). The van der Waals surface area contributed by atoms with Crippen LogP contribution in [0, 0.1) is 0 Å². The number of nitrogens with zero attached hydrogens (tertiary/aromatic N) is 1. The number of nitrogens with one attached hydrogen (secondary N) is 1. The van der Waals surface area contributed by atoms with Gasteiger partial charge in [0.15, 0.2) is 0 Å². The highest BCUT2D eigenvalue weighted by Crippen LogP contribution is 2.26. The lowest BCUT2D eigenvalue weighted by Crippen LogP contribution is -2.45. The van der Waals surface area contributed by atoms with Gasteiger partial charge in [-0.25, -0.2) is 0 Å². The van der Waals surface area contributed by atoms with Gasteiger partial charge in [-0.1, -0.05) is 13.3 Å². The van der Waals surface area contributed by atoms with E-state index in [1.165, 1.54) is 64.6 Å². The van der Waals surface area contributed by atoms with Crippen LogP contribution in [0.3, 0.4) is 0 Å². The second-order valence-corrected chi connectivity index (χ2v) is 5.97. The Morgan fingerprint density at radius 2 is 2.17 bits per heavy atom. The number of methoxy groups -OCH3 is 1. The summed E-state index contributed by atoms with van der Waals surface area (Å²) < 4.78 is 5.58. The Bertz CT molecular complexity index is 235. The third kappa shape index (κ3) is 3.94. The van der Waals surface area contributed by atoms with Gasteiger partial charge in [0.1, 0.15) is 0 Å². The summed E-state index contributed by atoms with van der Waals surface area (Å²) in [6, 6.07) is 1.48. The molecule has 0 aromatic carbocycles. The Morgan fingerprint density at radius 1 is 1.28 bits per heavy atom. The van der Waals surface area contributed by atoms with Gasteiger partial charge in [0.25, 0.3) is 0 Å². The predicted octanol–water partition coefficient (Wildman–Crippen LogP) is 2.41. The molecule has 1 N–H and O–H groups in total. The Hall–Kier alpha value is -0.120. The second-order valence-electron chi connectivity index (χ2n) is 5.97. The molecule has 1 aliphatic carbocycles. The first-order valence-electron chi connectivity index (χ1n) is 7.83. The standard InChI is InChI=1S/C15H30N2O/c1-3-6-13-12-17(10-5-9-16-13)14-7-4-8-15(11-14)18-2/h13-16H,3-12H2,1-2H3. The zero-order chi connectivity index (χ0) is 12.8.